The highest BCUT2D eigenvalue weighted by Crippen LogP contribution is 2.23. The second-order valence-corrected chi connectivity index (χ2v) is 8.38. The quantitative estimate of drug-likeness (QED) is 0.343. The van der Waals surface area contributed by atoms with Crippen molar-refractivity contribution in [2.24, 2.45) is 0 Å². The van der Waals surface area contributed by atoms with Crippen LogP contribution in [0, 0.1) is 0 Å². The number of rotatable bonds is 11. The fourth-order valence-corrected chi connectivity index (χ4v) is 3.04. The molecule has 0 aliphatic heterocycles. The van der Waals surface area contributed by atoms with Gasteiger partial charge in [-0.25, -0.2) is 9.78 Å². The highest BCUT2D eigenvalue weighted by atomic mass is 16.6. The van der Waals surface area contributed by atoms with Crippen LogP contribution >= 0.6 is 0 Å². The van der Waals surface area contributed by atoms with E-state index >= 15 is 0 Å². The zero-order valence-corrected chi connectivity index (χ0v) is 19.0. The van der Waals surface area contributed by atoms with E-state index < -0.39 is 11.6 Å². The van der Waals surface area contributed by atoms with Crippen molar-refractivity contribution in [3.05, 3.63) is 48.2 Å². The Morgan fingerprint density at radius 3 is 2.39 bits per heavy atom. The molecule has 0 aliphatic carbocycles. The van der Waals surface area contributed by atoms with E-state index in [4.69, 9.17) is 14.2 Å². The molecule has 1 aromatic heterocycles. The predicted octanol–water partition coefficient (Wildman–Crippen LogP) is 5.60. The van der Waals surface area contributed by atoms with Crippen LogP contribution in [0.25, 0.3) is 11.3 Å². The molecule has 0 N–H and O–H groups in total. The number of ether oxygens (including phenoxy) is 3. The summed E-state index contributed by atoms with van der Waals surface area (Å²) >= 11 is 0. The fourth-order valence-electron chi connectivity index (χ4n) is 3.04. The first-order chi connectivity index (χ1) is 14.8. The highest BCUT2D eigenvalue weighted by molar-refractivity contribution is 5.87. The SMILES string of the molecule is COC(=O)c1cccc(-c2cccc(OCCCCCCCC(=O)OC(C)(C)C)c2)n1. The van der Waals surface area contributed by atoms with Gasteiger partial charge in [-0.2, -0.15) is 0 Å². The number of methoxy groups -OCH3 is 1. The Bertz CT molecular complexity index is 857. The number of pyridine rings is 1. The van der Waals surface area contributed by atoms with Crippen molar-refractivity contribution < 1.29 is 23.8 Å². The minimum Gasteiger partial charge on any atom is -0.494 e. The summed E-state index contributed by atoms with van der Waals surface area (Å²) in [5, 5.41) is 0. The number of esters is 2. The van der Waals surface area contributed by atoms with Gasteiger partial charge in [0.2, 0.25) is 0 Å². The second kappa shape index (κ2) is 12.1. The summed E-state index contributed by atoms with van der Waals surface area (Å²) in [4.78, 5) is 27.7. The van der Waals surface area contributed by atoms with Gasteiger partial charge in [0, 0.05) is 12.0 Å². The normalized spacial score (nSPS) is 11.1. The standard InChI is InChI=1S/C25H33NO5/c1-25(2,3)31-23(27)16-8-6-5-7-9-17-30-20-13-10-12-19(18-20)21-14-11-15-22(26-21)24(28)29-4/h10-15,18H,5-9,16-17H2,1-4H3. The summed E-state index contributed by atoms with van der Waals surface area (Å²) in [6.07, 6.45) is 5.41. The molecule has 0 saturated heterocycles. The van der Waals surface area contributed by atoms with Crippen molar-refractivity contribution >= 4 is 11.9 Å². The van der Waals surface area contributed by atoms with Crippen LogP contribution in [0.1, 0.15) is 69.8 Å². The van der Waals surface area contributed by atoms with E-state index in [0.29, 0.717) is 18.7 Å². The Morgan fingerprint density at radius 2 is 1.65 bits per heavy atom. The maximum absolute atomic E-state index is 11.7. The average molecular weight is 428 g/mol. The van der Waals surface area contributed by atoms with Gasteiger partial charge in [-0.1, -0.05) is 37.5 Å². The molecule has 0 atom stereocenters. The van der Waals surface area contributed by atoms with E-state index in [2.05, 4.69) is 4.98 Å². The zero-order chi connectivity index (χ0) is 22.7. The smallest absolute Gasteiger partial charge is 0.356 e. The zero-order valence-electron chi connectivity index (χ0n) is 19.0. The molecule has 1 aromatic carbocycles. The predicted molar refractivity (Wildman–Crippen MR) is 120 cm³/mol. The fraction of sp³-hybridized carbons (Fsp3) is 0.480. The Balaban J connectivity index is 1.70. The summed E-state index contributed by atoms with van der Waals surface area (Å²) in [5.41, 5.74) is 1.44. The average Bonchev–Trinajstić information content (AvgIpc) is 2.74. The second-order valence-electron chi connectivity index (χ2n) is 8.38. The number of unbranched alkanes of at least 4 members (excludes halogenated alkanes) is 4. The monoisotopic (exact) mass is 427 g/mol. The van der Waals surface area contributed by atoms with Crippen LogP contribution in [0.5, 0.6) is 5.75 Å². The molecule has 0 radical (unpaired) electrons. The van der Waals surface area contributed by atoms with Crippen LogP contribution < -0.4 is 4.74 Å². The van der Waals surface area contributed by atoms with Crippen LogP contribution in [0.2, 0.25) is 0 Å². The van der Waals surface area contributed by atoms with Crippen molar-refractivity contribution in [2.45, 2.75) is 64.9 Å². The topological polar surface area (TPSA) is 74.7 Å². The molecule has 2 rings (SSSR count). The molecule has 2 aromatic rings. The summed E-state index contributed by atoms with van der Waals surface area (Å²) in [5.74, 6) is 0.190. The highest BCUT2D eigenvalue weighted by Gasteiger charge is 2.15. The number of nitrogens with zero attached hydrogens (tertiary/aromatic N) is 1. The molecule has 0 aliphatic rings. The van der Waals surface area contributed by atoms with E-state index in [1.54, 1.807) is 12.1 Å². The van der Waals surface area contributed by atoms with Gasteiger partial charge in [-0.3, -0.25) is 4.79 Å². The molecular weight excluding hydrogens is 394 g/mol. The van der Waals surface area contributed by atoms with Gasteiger partial charge in [-0.05, 0) is 57.9 Å². The van der Waals surface area contributed by atoms with E-state index in [-0.39, 0.29) is 11.7 Å². The van der Waals surface area contributed by atoms with Crippen LogP contribution in [0.4, 0.5) is 0 Å². The van der Waals surface area contributed by atoms with Gasteiger partial charge in [-0.15, -0.1) is 0 Å². The summed E-state index contributed by atoms with van der Waals surface area (Å²) in [7, 11) is 1.34. The molecule has 168 valence electrons. The lowest BCUT2D eigenvalue weighted by atomic mass is 10.1. The molecule has 0 fully saturated rings. The number of hydrogen-bond donors (Lipinski definition) is 0. The molecule has 0 spiro atoms. The van der Waals surface area contributed by atoms with E-state index in [1.165, 1.54) is 7.11 Å². The lowest BCUT2D eigenvalue weighted by Gasteiger charge is -2.19. The number of carbonyl (C=O) groups excluding carboxylic acids is 2. The third kappa shape index (κ3) is 9.20. The number of aromatic nitrogens is 1. The molecule has 1 heterocycles. The third-order valence-electron chi connectivity index (χ3n) is 4.49. The third-order valence-corrected chi connectivity index (χ3v) is 4.49. The van der Waals surface area contributed by atoms with Gasteiger partial charge in [0.15, 0.2) is 0 Å². The first kappa shape index (κ1) is 24.4. The molecule has 0 unspecified atom stereocenters. The summed E-state index contributed by atoms with van der Waals surface area (Å²) < 4.78 is 15.9. The first-order valence-corrected chi connectivity index (χ1v) is 10.8. The molecule has 0 bridgehead atoms. The van der Waals surface area contributed by atoms with Gasteiger partial charge in [0.25, 0.3) is 0 Å². The van der Waals surface area contributed by atoms with Crippen molar-refractivity contribution in [1.82, 2.24) is 4.98 Å². The van der Waals surface area contributed by atoms with Gasteiger partial charge < -0.3 is 14.2 Å². The maximum Gasteiger partial charge on any atom is 0.356 e. The van der Waals surface area contributed by atoms with Crippen molar-refractivity contribution in [3.63, 3.8) is 0 Å². The number of carbonyl (C=O) groups is 2. The summed E-state index contributed by atoms with van der Waals surface area (Å²) in [6.45, 7) is 6.29. The van der Waals surface area contributed by atoms with Crippen LogP contribution in [-0.2, 0) is 14.3 Å². The van der Waals surface area contributed by atoms with Gasteiger partial charge in [0.1, 0.15) is 17.0 Å². The largest absolute Gasteiger partial charge is 0.494 e. The number of benzene rings is 1. The first-order valence-electron chi connectivity index (χ1n) is 10.8. The van der Waals surface area contributed by atoms with Gasteiger partial charge in [0.05, 0.1) is 19.4 Å². The Hall–Kier alpha value is -2.89. The molecule has 6 nitrogen and oxygen atoms in total. The molecule has 0 saturated carbocycles. The van der Waals surface area contributed by atoms with Crippen LogP contribution in [-0.4, -0.2) is 36.2 Å². The number of hydrogen-bond acceptors (Lipinski definition) is 6. The van der Waals surface area contributed by atoms with Crippen molar-refractivity contribution in [2.75, 3.05) is 13.7 Å². The maximum atomic E-state index is 11.7. The minimum atomic E-state index is -0.458. The van der Waals surface area contributed by atoms with E-state index in [0.717, 1.165) is 43.4 Å². The Morgan fingerprint density at radius 1 is 0.935 bits per heavy atom. The molecule has 6 heteroatoms. The Kier molecular flexibility index (Phi) is 9.50. The summed E-state index contributed by atoms with van der Waals surface area (Å²) in [6, 6.07) is 12.9. The van der Waals surface area contributed by atoms with Crippen LogP contribution in [0.15, 0.2) is 42.5 Å². The van der Waals surface area contributed by atoms with Crippen LogP contribution in [0.3, 0.4) is 0 Å². The van der Waals surface area contributed by atoms with Crippen molar-refractivity contribution in [3.8, 4) is 17.0 Å². The van der Waals surface area contributed by atoms with Gasteiger partial charge >= 0.3 is 11.9 Å². The molecular formula is C25H33NO5. The van der Waals surface area contributed by atoms with E-state index in [9.17, 15) is 9.59 Å². The van der Waals surface area contributed by atoms with E-state index in [1.807, 2.05) is 51.1 Å². The van der Waals surface area contributed by atoms with Crippen molar-refractivity contribution in [1.29, 1.82) is 0 Å². The minimum absolute atomic E-state index is 0.123. The lowest BCUT2D eigenvalue weighted by Crippen LogP contribution is -2.23. The lowest BCUT2D eigenvalue weighted by molar-refractivity contribution is -0.154. The Labute approximate surface area is 184 Å². The molecule has 31 heavy (non-hydrogen) atoms. The molecule has 0 amide bonds.